The number of rotatable bonds is 27. The zero-order valence-corrected chi connectivity index (χ0v) is 84.4. The Morgan fingerprint density at radius 2 is 0.569 bits per heavy atom. The number of fused-ring (bicyclic) bond motifs is 3. The smallest absolute Gasteiger partial charge is 0.162 e. The molecule has 12 nitrogen and oxygen atoms in total. The Labute approximate surface area is 775 Å². The van der Waals surface area contributed by atoms with Crippen molar-refractivity contribution in [3.63, 3.8) is 0 Å². The number of nitrogens with zero attached hydrogens (tertiary/aromatic N) is 3. The van der Waals surface area contributed by atoms with Crippen LogP contribution in [0.25, 0.3) is 101 Å². The molecule has 0 aliphatic heterocycles. The van der Waals surface area contributed by atoms with Crippen molar-refractivity contribution >= 4 is 50.3 Å². The van der Waals surface area contributed by atoms with Gasteiger partial charge in [-0.05, 0) is 195 Å². The van der Waals surface area contributed by atoms with Crippen LogP contribution in [0.1, 0.15) is 227 Å². The molecule has 6 aromatic carbocycles. The van der Waals surface area contributed by atoms with Gasteiger partial charge in [-0.2, -0.15) is 0 Å². The van der Waals surface area contributed by atoms with E-state index in [0.717, 1.165) is 189 Å². The van der Waals surface area contributed by atoms with E-state index in [0.29, 0.717) is 0 Å². The summed E-state index contributed by atoms with van der Waals surface area (Å²) in [5, 5.41) is 32.3. The van der Waals surface area contributed by atoms with Crippen molar-refractivity contribution in [1.29, 1.82) is 0 Å². The minimum atomic E-state index is 0. The molecule has 0 atom stereocenters. The maximum atomic E-state index is 11.7. The number of carbonyl (C=O) groups excluding carboxylic acids is 3. The van der Waals surface area contributed by atoms with Gasteiger partial charge in [-0.25, -0.2) is 0 Å². The standard InChI is InChI=1S/C24H22NO.C23H20NO.C22H18NO.3C13H24O2.3Ir/c1-14-6-15(2)10-19(9-14)21-12-22-20(13-25-21)11-23(26-22)24-17(4)7-16(3)8-18(24)5;1-14-5-15(2)8-18(7-14)21-12-23-20(13-24-21)11-22(25-23)19-9-16(3)6-17(4)10-19;1-14-4-6-17(7-5-14)21-11-19-13-23-20(12-22(19)24-21)18-9-15(2)8-16(3)10-18;3*1-5-10(6-2)12(14)9-13(15)11(7-3)8-4;;;/h6-9,11-13H,1-5H3;5-7,9-13H,1-4H3;4-9,11-13H,1-3H3;3*9-11,14H,5-8H2,1-4H3;;;/q3*-1;;;;;;. The van der Waals surface area contributed by atoms with Gasteiger partial charge in [0.1, 0.15) is 34.0 Å². The van der Waals surface area contributed by atoms with E-state index in [1.807, 2.05) is 126 Å². The van der Waals surface area contributed by atoms with Gasteiger partial charge in [-0.1, -0.05) is 189 Å². The summed E-state index contributed by atoms with van der Waals surface area (Å²) in [5.41, 5.74) is 26.0. The van der Waals surface area contributed by atoms with Crippen molar-refractivity contribution in [2.45, 2.75) is 243 Å². The van der Waals surface area contributed by atoms with Gasteiger partial charge >= 0.3 is 0 Å². The Bertz CT molecular complexity index is 5210. The topological polar surface area (TPSA) is 190 Å². The number of ketones is 3. The Morgan fingerprint density at radius 3 is 0.854 bits per heavy atom. The summed E-state index contributed by atoms with van der Waals surface area (Å²) in [6.07, 6.45) is 20.4. The van der Waals surface area contributed by atoms with Crippen LogP contribution < -0.4 is 0 Å². The third-order valence-corrected chi connectivity index (χ3v) is 22.5. The second-order valence-electron chi connectivity index (χ2n) is 32.4. The number of hydrogen-bond acceptors (Lipinski definition) is 12. The summed E-state index contributed by atoms with van der Waals surface area (Å²) in [6, 6.07) is 54.2. The molecule has 0 unspecified atom stereocenters. The molecule has 12 aromatic rings. The normalized spacial score (nSPS) is 11.4. The third-order valence-electron chi connectivity index (χ3n) is 22.5. The van der Waals surface area contributed by atoms with Crippen molar-refractivity contribution in [3.8, 4) is 67.7 Å². The third kappa shape index (κ3) is 31.0. The van der Waals surface area contributed by atoms with Gasteiger partial charge < -0.3 is 43.5 Å². The number of carbonyl (C=O) groups is 3. The minimum Gasteiger partial charge on any atom is -0.512 e. The number of aryl methyl sites for hydroxylation is 12. The zero-order valence-electron chi connectivity index (χ0n) is 77.2. The Morgan fingerprint density at radius 1 is 0.309 bits per heavy atom. The molecule has 3 N–H and O–H groups in total. The molecule has 0 bridgehead atoms. The van der Waals surface area contributed by atoms with E-state index in [9.17, 15) is 29.7 Å². The molecule has 0 spiro atoms. The predicted molar refractivity (Wildman–Crippen MR) is 500 cm³/mol. The molecule has 0 fully saturated rings. The number of aliphatic hydroxyl groups is 3. The van der Waals surface area contributed by atoms with Crippen LogP contribution >= 0.6 is 0 Å². The van der Waals surface area contributed by atoms with Gasteiger partial charge in [-0.15, -0.1) is 105 Å². The molecule has 123 heavy (non-hydrogen) atoms. The summed E-state index contributed by atoms with van der Waals surface area (Å²) < 4.78 is 18.4. The van der Waals surface area contributed by atoms with Gasteiger partial charge in [0, 0.05) is 165 Å². The maximum Gasteiger partial charge on any atom is 0.162 e. The van der Waals surface area contributed by atoms with E-state index in [1.54, 1.807) is 0 Å². The number of furan rings is 3. The van der Waals surface area contributed by atoms with Crippen LogP contribution in [0.5, 0.6) is 0 Å². The van der Waals surface area contributed by atoms with E-state index in [2.05, 4.69) is 219 Å². The van der Waals surface area contributed by atoms with E-state index in [4.69, 9.17) is 13.3 Å². The molecular weight excluding hydrogens is 2060 g/mol. The second kappa shape index (κ2) is 52.0. The molecule has 0 amide bonds. The summed E-state index contributed by atoms with van der Waals surface area (Å²) in [6.45, 7) is 49.3. The molecule has 663 valence electrons. The molecular formula is C108H132Ir3N3O9-3. The van der Waals surface area contributed by atoms with Crippen LogP contribution in [-0.2, 0) is 74.7 Å². The van der Waals surface area contributed by atoms with Crippen LogP contribution in [0.3, 0.4) is 0 Å². The summed E-state index contributed by atoms with van der Waals surface area (Å²) in [5.74, 6) is 4.29. The average molecular weight is 2190 g/mol. The van der Waals surface area contributed by atoms with Gasteiger partial charge in [0.2, 0.25) is 0 Å². The Hall–Kier alpha value is -9.03. The van der Waals surface area contributed by atoms with E-state index in [1.165, 1.54) is 73.9 Å². The van der Waals surface area contributed by atoms with Crippen molar-refractivity contribution in [2.24, 2.45) is 35.5 Å². The number of benzene rings is 6. The first-order valence-corrected chi connectivity index (χ1v) is 43.6. The predicted octanol–water partition coefficient (Wildman–Crippen LogP) is 30.2. The number of aromatic nitrogens is 3. The van der Waals surface area contributed by atoms with Crippen LogP contribution in [0.4, 0.5) is 0 Å². The first-order chi connectivity index (χ1) is 57.3. The van der Waals surface area contributed by atoms with Crippen LogP contribution in [0.15, 0.2) is 195 Å². The number of pyridine rings is 3. The molecule has 12 rings (SSSR count). The molecule has 6 aromatic heterocycles. The van der Waals surface area contributed by atoms with Gasteiger partial charge in [0.25, 0.3) is 0 Å². The molecule has 15 heteroatoms. The van der Waals surface area contributed by atoms with Gasteiger partial charge in [0.15, 0.2) is 17.3 Å². The van der Waals surface area contributed by atoms with E-state index < -0.39 is 0 Å². The van der Waals surface area contributed by atoms with Crippen molar-refractivity contribution < 1.29 is 103 Å². The van der Waals surface area contributed by atoms with E-state index in [-0.39, 0.29) is 130 Å². The van der Waals surface area contributed by atoms with Crippen molar-refractivity contribution in [3.05, 3.63) is 266 Å². The molecule has 3 radical (unpaired) electrons. The summed E-state index contributed by atoms with van der Waals surface area (Å²) >= 11 is 0. The average Bonchev–Trinajstić information content (AvgIpc) is 1.66. The number of aliphatic hydroxyl groups excluding tert-OH is 3. The fourth-order valence-corrected chi connectivity index (χ4v) is 15.5. The maximum absolute atomic E-state index is 11.7. The zero-order chi connectivity index (χ0) is 88.2. The Balaban J connectivity index is 0.000000314. The van der Waals surface area contributed by atoms with E-state index >= 15 is 0 Å². The molecule has 0 aliphatic carbocycles. The number of allylic oxidation sites excluding steroid dienone is 6. The second-order valence-corrected chi connectivity index (χ2v) is 32.4. The first-order valence-electron chi connectivity index (χ1n) is 43.6. The van der Waals surface area contributed by atoms with Gasteiger partial charge in [-0.3, -0.25) is 14.4 Å². The SMILES string of the molecule is CCC(CC)C(=O)C=C(O)C(CC)CC.CCC(CC)C(=O)C=C(O)C(CC)CC.CCC(CC)C(=O)C=C(O)C(CC)CC.Cc1[c-]c(-c2cc3oc(-c4c(C)cc(C)cc4C)cc3cn2)cc(C)c1.Cc1[c-]c(-c2cc3oc(-c4cc(C)cc(C)c4)cc3cn2)cc(C)c1.Cc1[c-]c(-c2cc3oc(-c4ccc(C)cc4)cc3cn2)cc(C)c1.[Ir].[Ir].[Ir]. The van der Waals surface area contributed by atoms with Crippen molar-refractivity contribution in [2.75, 3.05) is 0 Å². The van der Waals surface area contributed by atoms with Crippen LogP contribution in [-0.4, -0.2) is 47.6 Å². The van der Waals surface area contributed by atoms with Crippen molar-refractivity contribution in [1.82, 2.24) is 15.0 Å². The minimum absolute atomic E-state index is 0. The number of hydrogen-bond donors (Lipinski definition) is 3. The Kier molecular flexibility index (Phi) is 45.0. The monoisotopic (exact) mass is 2190 g/mol. The molecule has 0 saturated carbocycles. The van der Waals surface area contributed by atoms with Crippen LogP contribution in [0.2, 0.25) is 0 Å². The quantitative estimate of drug-likeness (QED) is 0.0251. The molecule has 6 heterocycles. The first kappa shape index (κ1) is 106. The fraction of sp³-hybridized carbons (Fsp3) is 0.389. The van der Waals surface area contributed by atoms with Crippen LogP contribution in [0, 0.1) is 137 Å². The van der Waals surface area contributed by atoms with Gasteiger partial charge in [0.05, 0.1) is 17.3 Å². The fourth-order valence-electron chi connectivity index (χ4n) is 15.5. The summed E-state index contributed by atoms with van der Waals surface area (Å²) in [7, 11) is 0. The summed E-state index contributed by atoms with van der Waals surface area (Å²) in [4.78, 5) is 49.0. The molecule has 0 saturated heterocycles. The largest absolute Gasteiger partial charge is 0.512 e. The molecule has 0 aliphatic rings.